The van der Waals surface area contributed by atoms with Crippen molar-refractivity contribution >= 4 is 50.5 Å². The van der Waals surface area contributed by atoms with Crippen LogP contribution in [-0.4, -0.2) is 15.6 Å². The van der Waals surface area contributed by atoms with Crippen LogP contribution in [0.4, 0.5) is 0 Å². The molecule has 1 N–H and O–H groups in total. The fourth-order valence-corrected chi connectivity index (χ4v) is 8.77. The van der Waals surface area contributed by atoms with Gasteiger partial charge in [-0.15, -0.1) is 22.7 Å². The Kier molecular flexibility index (Phi) is 6.69. The Morgan fingerprint density at radius 3 is 2.58 bits per heavy atom. The molecule has 1 fully saturated rings. The van der Waals surface area contributed by atoms with Crippen LogP contribution in [0.15, 0.2) is 36.9 Å². The lowest BCUT2D eigenvalue weighted by Gasteiger charge is -2.24. The third kappa shape index (κ3) is 4.30. The number of fused-ring (bicyclic) bond motifs is 5. The number of benzene rings is 1. The van der Waals surface area contributed by atoms with Gasteiger partial charge in [-0.1, -0.05) is 50.1 Å². The van der Waals surface area contributed by atoms with Crippen molar-refractivity contribution in [1.82, 2.24) is 4.57 Å². The summed E-state index contributed by atoms with van der Waals surface area (Å²) in [5, 5.41) is 9.78. The minimum atomic E-state index is -0.816. The molecule has 4 heterocycles. The fourth-order valence-electron chi connectivity index (χ4n) is 6.69. The molecule has 2 aliphatic rings. The number of allylic oxidation sites excluding steroid dienone is 2. The first-order valence-corrected chi connectivity index (χ1v) is 15.4. The van der Waals surface area contributed by atoms with E-state index in [1.54, 1.807) is 0 Å². The summed E-state index contributed by atoms with van der Waals surface area (Å²) in [7, 11) is 0. The lowest BCUT2D eigenvalue weighted by atomic mass is 9.82. The molecule has 3 aromatic heterocycles. The normalized spacial score (nSPS) is 16.1. The second-order valence-corrected chi connectivity index (χ2v) is 13.5. The highest BCUT2D eigenvalue weighted by atomic mass is 32.1. The average Bonchev–Trinajstić information content (AvgIpc) is 3.52. The van der Waals surface area contributed by atoms with E-state index in [1.807, 2.05) is 17.4 Å². The van der Waals surface area contributed by atoms with Crippen LogP contribution in [0.25, 0.3) is 33.1 Å². The Morgan fingerprint density at radius 1 is 1.08 bits per heavy atom. The van der Waals surface area contributed by atoms with Gasteiger partial charge in [-0.2, -0.15) is 0 Å². The van der Waals surface area contributed by atoms with E-state index in [4.69, 9.17) is 0 Å². The molecule has 1 aromatic carbocycles. The Labute approximate surface area is 233 Å². The van der Waals surface area contributed by atoms with Crippen molar-refractivity contribution in [2.45, 2.75) is 78.2 Å². The molecule has 4 aromatic rings. The van der Waals surface area contributed by atoms with Gasteiger partial charge in [0.15, 0.2) is 0 Å². The maximum Gasteiger partial charge on any atom is 0.345 e. The van der Waals surface area contributed by atoms with E-state index in [1.165, 1.54) is 97.0 Å². The highest BCUT2D eigenvalue weighted by Crippen LogP contribution is 2.49. The molecule has 0 saturated heterocycles. The van der Waals surface area contributed by atoms with E-state index in [2.05, 4.69) is 62.3 Å². The van der Waals surface area contributed by atoms with E-state index < -0.39 is 5.97 Å². The summed E-state index contributed by atoms with van der Waals surface area (Å²) in [5.74, 6) is -0.317. The molecule has 38 heavy (non-hydrogen) atoms. The maximum absolute atomic E-state index is 11.9. The number of carboxylic acid groups (broad SMARTS) is 1. The third-order valence-corrected chi connectivity index (χ3v) is 10.6. The summed E-state index contributed by atoms with van der Waals surface area (Å²) >= 11 is 3.31. The first kappa shape index (κ1) is 25.4. The SMILES string of the molecule is C=C(/C=C\c1c(C)ccc2c1CCCn1c-2c(C2CCCCC2)c2sc(C(=O)O)cc21)c1cc(C)sc1C. The van der Waals surface area contributed by atoms with E-state index in [-0.39, 0.29) is 0 Å². The largest absolute Gasteiger partial charge is 0.477 e. The van der Waals surface area contributed by atoms with Crippen molar-refractivity contribution in [3.8, 4) is 11.3 Å². The highest BCUT2D eigenvalue weighted by Gasteiger charge is 2.31. The van der Waals surface area contributed by atoms with Gasteiger partial charge in [0.05, 0.1) is 15.9 Å². The van der Waals surface area contributed by atoms with Gasteiger partial charge < -0.3 is 9.67 Å². The second-order valence-electron chi connectivity index (χ2n) is 11.0. The number of carbonyl (C=O) groups is 1. The molecular weight excluding hydrogens is 507 g/mol. The Hall–Kier alpha value is -2.89. The van der Waals surface area contributed by atoms with Crippen molar-refractivity contribution < 1.29 is 9.90 Å². The molecule has 0 spiro atoms. The number of aromatic nitrogens is 1. The first-order chi connectivity index (χ1) is 18.3. The van der Waals surface area contributed by atoms with Crippen LogP contribution in [0.1, 0.15) is 91.7 Å². The van der Waals surface area contributed by atoms with Gasteiger partial charge in [-0.3, -0.25) is 0 Å². The summed E-state index contributed by atoms with van der Waals surface area (Å²) in [6.07, 6.45) is 12.7. The standard InChI is InChI=1S/C33H35NO2S2/c1-19-13-15-26-25(24(19)14-12-20(2)27-17-21(3)37-22(27)4)11-8-16-34-28-18-29(33(35)36)38-32(28)30(31(26)34)23-9-6-5-7-10-23/h12-15,17-18,23H,2,5-11,16H2,1,3-4H3,(H,35,36)/b14-12-. The van der Waals surface area contributed by atoms with Crippen LogP contribution in [0.5, 0.6) is 0 Å². The number of hydrogen-bond acceptors (Lipinski definition) is 3. The van der Waals surface area contributed by atoms with Crippen molar-refractivity contribution in [1.29, 1.82) is 0 Å². The zero-order valence-corrected chi connectivity index (χ0v) is 24.2. The molecule has 0 atom stereocenters. The Bertz CT molecular complexity index is 1600. The van der Waals surface area contributed by atoms with Crippen molar-refractivity contribution in [3.05, 3.63) is 79.4 Å². The highest BCUT2D eigenvalue weighted by molar-refractivity contribution is 7.21. The zero-order valence-electron chi connectivity index (χ0n) is 22.5. The van der Waals surface area contributed by atoms with Gasteiger partial charge >= 0.3 is 5.97 Å². The van der Waals surface area contributed by atoms with Gasteiger partial charge in [0.25, 0.3) is 0 Å². The molecular formula is C33H35NO2S2. The lowest BCUT2D eigenvalue weighted by Crippen LogP contribution is -2.07. The Morgan fingerprint density at radius 2 is 1.87 bits per heavy atom. The smallest absolute Gasteiger partial charge is 0.345 e. The van der Waals surface area contributed by atoms with Gasteiger partial charge in [-0.25, -0.2) is 4.79 Å². The van der Waals surface area contributed by atoms with Gasteiger partial charge in [0.2, 0.25) is 0 Å². The molecule has 5 heteroatoms. The summed E-state index contributed by atoms with van der Waals surface area (Å²) in [6.45, 7) is 11.9. The molecule has 0 amide bonds. The number of hydrogen-bond donors (Lipinski definition) is 1. The van der Waals surface area contributed by atoms with E-state index in [0.29, 0.717) is 10.8 Å². The predicted molar refractivity (Wildman–Crippen MR) is 163 cm³/mol. The molecule has 0 bridgehead atoms. The molecule has 3 nitrogen and oxygen atoms in total. The third-order valence-electron chi connectivity index (χ3n) is 8.47. The topological polar surface area (TPSA) is 42.2 Å². The van der Waals surface area contributed by atoms with E-state index >= 15 is 0 Å². The number of rotatable bonds is 5. The number of aromatic carboxylic acids is 1. The molecule has 0 radical (unpaired) electrons. The zero-order chi connectivity index (χ0) is 26.6. The lowest BCUT2D eigenvalue weighted by molar-refractivity contribution is 0.0702. The number of carboxylic acids is 1. The molecule has 6 rings (SSSR count). The van der Waals surface area contributed by atoms with Crippen molar-refractivity contribution in [3.63, 3.8) is 0 Å². The number of aryl methyl sites for hydroxylation is 4. The molecule has 0 unspecified atom stereocenters. The van der Waals surface area contributed by atoms with Crippen LogP contribution >= 0.6 is 22.7 Å². The van der Waals surface area contributed by atoms with Crippen molar-refractivity contribution in [2.75, 3.05) is 0 Å². The van der Waals surface area contributed by atoms with Gasteiger partial charge in [0.1, 0.15) is 4.88 Å². The summed E-state index contributed by atoms with van der Waals surface area (Å²) in [5.41, 5.74) is 11.5. The van der Waals surface area contributed by atoms with Gasteiger partial charge in [-0.05, 0) is 97.9 Å². The van der Waals surface area contributed by atoms with E-state index in [0.717, 1.165) is 30.5 Å². The molecule has 196 valence electrons. The van der Waals surface area contributed by atoms with E-state index in [9.17, 15) is 9.90 Å². The summed E-state index contributed by atoms with van der Waals surface area (Å²) in [4.78, 5) is 15.0. The predicted octanol–water partition coefficient (Wildman–Crippen LogP) is 9.78. The fraction of sp³-hybridized carbons (Fsp3) is 0.364. The van der Waals surface area contributed by atoms with Gasteiger partial charge in [0, 0.05) is 21.9 Å². The molecule has 1 saturated carbocycles. The van der Waals surface area contributed by atoms with Crippen LogP contribution < -0.4 is 0 Å². The first-order valence-electron chi connectivity index (χ1n) is 13.8. The van der Waals surface area contributed by atoms with Crippen LogP contribution in [0.3, 0.4) is 0 Å². The summed E-state index contributed by atoms with van der Waals surface area (Å²) in [6, 6.07) is 8.76. The number of thiophene rings is 2. The number of nitrogens with zero attached hydrogens (tertiary/aromatic N) is 1. The average molecular weight is 542 g/mol. The molecule has 1 aliphatic heterocycles. The van der Waals surface area contributed by atoms with Crippen LogP contribution in [0, 0.1) is 20.8 Å². The Balaban J connectivity index is 1.52. The van der Waals surface area contributed by atoms with Crippen molar-refractivity contribution in [2.24, 2.45) is 0 Å². The van der Waals surface area contributed by atoms with Crippen LogP contribution in [0.2, 0.25) is 0 Å². The van der Waals surface area contributed by atoms with Crippen LogP contribution in [-0.2, 0) is 13.0 Å². The summed E-state index contributed by atoms with van der Waals surface area (Å²) < 4.78 is 3.65. The minimum Gasteiger partial charge on any atom is -0.477 e. The molecule has 1 aliphatic carbocycles. The minimum absolute atomic E-state index is 0.455. The maximum atomic E-state index is 11.9. The monoisotopic (exact) mass is 541 g/mol. The second kappa shape index (κ2) is 10.0. The quantitative estimate of drug-likeness (QED) is 0.256.